The predicted molar refractivity (Wildman–Crippen MR) is 109 cm³/mol. The van der Waals surface area contributed by atoms with E-state index in [0.29, 0.717) is 10.6 Å². The maximum absolute atomic E-state index is 14.7. The Kier molecular flexibility index (Phi) is 6.42. The molecule has 29 heavy (non-hydrogen) atoms. The number of nitrogens with zero attached hydrogens (tertiary/aromatic N) is 2. The van der Waals surface area contributed by atoms with Gasteiger partial charge in [-0.2, -0.15) is 0 Å². The van der Waals surface area contributed by atoms with Crippen LogP contribution < -0.4 is 10.5 Å². The molecule has 150 valence electrons. The average molecular weight is 457 g/mol. The third kappa shape index (κ3) is 4.37. The molecule has 0 radical (unpaired) electrons. The number of halogens is 4. The van der Waals surface area contributed by atoms with Gasteiger partial charge in [-0.3, -0.25) is 0 Å². The van der Waals surface area contributed by atoms with E-state index < -0.39 is 11.8 Å². The van der Waals surface area contributed by atoms with E-state index >= 15 is 0 Å². The number of rotatable bonds is 5. The predicted octanol–water partition coefficient (Wildman–Crippen LogP) is 5.19. The van der Waals surface area contributed by atoms with Crippen LogP contribution in [-0.2, 0) is 11.3 Å². The van der Waals surface area contributed by atoms with Gasteiger partial charge in [0.1, 0.15) is 17.4 Å². The van der Waals surface area contributed by atoms with Crippen molar-refractivity contribution in [2.24, 2.45) is 0 Å². The minimum atomic E-state index is -0.869. The van der Waals surface area contributed by atoms with Crippen LogP contribution in [0.25, 0.3) is 11.4 Å². The molecular formula is C19H13Cl3FN3O3. The highest BCUT2D eigenvalue weighted by molar-refractivity contribution is 6.35. The lowest BCUT2D eigenvalue weighted by Crippen LogP contribution is -2.12. The molecule has 0 aliphatic rings. The summed E-state index contributed by atoms with van der Waals surface area (Å²) in [5.74, 6) is -2.26. The Labute approximate surface area is 180 Å². The van der Waals surface area contributed by atoms with Crippen molar-refractivity contribution in [1.82, 2.24) is 9.97 Å². The van der Waals surface area contributed by atoms with E-state index in [1.54, 1.807) is 24.3 Å². The van der Waals surface area contributed by atoms with Gasteiger partial charge in [0.25, 0.3) is 0 Å². The SMILES string of the molecule is COc1c(Cl)ccc(-c2nc(N)c(Cl)c(C(=O)OCc3ccccc3Cl)n2)c1F. The van der Waals surface area contributed by atoms with E-state index in [0.717, 1.165) is 0 Å². The van der Waals surface area contributed by atoms with Crippen LogP contribution in [0.1, 0.15) is 16.1 Å². The highest BCUT2D eigenvalue weighted by atomic mass is 35.5. The Morgan fingerprint density at radius 1 is 1.10 bits per heavy atom. The van der Waals surface area contributed by atoms with Crippen LogP contribution in [-0.4, -0.2) is 23.0 Å². The Hall–Kier alpha value is -2.61. The van der Waals surface area contributed by atoms with Crippen LogP contribution in [0.15, 0.2) is 36.4 Å². The summed E-state index contributed by atoms with van der Waals surface area (Å²) in [5, 5.41) is 0.291. The number of carbonyl (C=O) groups is 1. The molecule has 0 unspecified atom stereocenters. The zero-order chi connectivity index (χ0) is 21.1. The first-order valence-corrected chi connectivity index (χ1v) is 9.22. The van der Waals surface area contributed by atoms with E-state index in [2.05, 4.69) is 9.97 Å². The van der Waals surface area contributed by atoms with Gasteiger partial charge in [-0.1, -0.05) is 53.0 Å². The molecule has 0 spiro atoms. The molecule has 0 bridgehead atoms. The number of aromatic nitrogens is 2. The first-order chi connectivity index (χ1) is 13.8. The minimum Gasteiger partial charge on any atom is -0.492 e. The van der Waals surface area contributed by atoms with Crippen molar-refractivity contribution in [2.45, 2.75) is 6.61 Å². The molecule has 0 aliphatic heterocycles. The van der Waals surface area contributed by atoms with Gasteiger partial charge in [-0.15, -0.1) is 0 Å². The van der Waals surface area contributed by atoms with Gasteiger partial charge in [0.05, 0.1) is 17.7 Å². The largest absolute Gasteiger partial charge is 0.492 e. The Morgan fingerprint density at radius 2 is 1.83 bits per heavy atom. The Bertz CT molecular complexity index is 1100. The number of nitrogen functional groups attached to an aromatic ring is 1. The van der Waals surface area contributed by atoms with Gasteiger partial charge in [0.2, 0.25) is 0 Å². The van der Waals surface area contributed by atoms with Gasteiger partial charge >= 0.3 is 5.97 Å². The maximum atomic E-state index is 14.7. The zero-order valence-corrected chi connectivity index (χ0v) is 17.1. The molecule has 0 atom stereocenters. The fourth-order valence-electron chi connectivity index (χ4n) is 2.44. The molecule has 1 heterocycles. The van der Waals surface area contributed by atoms with Gasteiger partial charge in [-0.05, 0) is 18.2 Å². The number of nitrogens with two attached hydrogens (primary N) is 1. The van der Waals surface area contributed by atoms with Gasteiger partial charge < -0.3 is 15.2 Å². The first-order valence-electron chi connectivity index (χ1n) is 8.09. The number of methoxy groups -OCH3 is 1. The monoisotopic (exact) mass is 455 g/mol. The normalized spacial score (nSPS) is 10.7. The summed E-state index contributed by atoms with van der Waals surface area (Å²) in [5.41, 5.74) is 5.99. The van der Waals surface area contributed by atoms with E-state index in [1.807, 2.05) is 0 Å². The van der Waals surface area contributed by atoms with Crippen molar-refractivity contribution in [3.8, 4) is 17.1 Å². The molecule has 3 aromatic rings. The molecule has 0 saturated carbocycles. The molecule has 0 amide bonds. The molecule has 2 aromatic carbocycles. The van der Waals surface area contributed by atoms with Crippen LogP contribution in [0.5, 0.6) is 5.75 Å². The molecule has 0 fully saturated rings. The summed E-state index contributed by atoms with van der Waals surface area (Å²) < 4.78 is 24.9. The summed E-state index contributed by atoms with van der Waals surface area (Å²) in [6.07, 6.45) is 0. The highest BCUT2D eigenvalue weighted by Gasteiger charge is 2.23. The topological polar surface area (TPSA) is 87.3 Å². The lowest BCUT2D eigenvalue weighted by molar-refractivity contribution is 0.0466. The fourth-order valence-corrected chi connectivity index (χ4v) is 3.01. The number of anilines is 1. The van der Waals surface area contributed by atoms with Gasteiger partial charge in [0, 0.05) is 10.6 Å². The molecule has 0 aliphatic carbocycles. The third-order valence-electron chi connectivity index (χ3n) is 3.88. The fraction of sp³-hybridized carbons (Fsp3) is 0.105. The molecular weight excluding hydrogens is 444 g/mol. The molecule has 3 rings (SSSR count). The lowest BCUT2D eigenvalue weighted by atomic mass is 10.1. The van der Waals surface area contributed by atoms with E-state index in [-0.39, 0.29) is 45.3 Å². The molecule has 0 saturated heterocycles. The Balaban J connectivity index is 1.96. The maximum Gasteiger partial charge on any atom is 0.359 e. The molecule has 2 N–H and O–H groups in total. The first kappa shape index (κ1) is 21.1. The van der Waals surface area contributed by atoms with Crippen LogP contribution >= 0.6 is 34.8 Å². The second-order valence-corrected chi connectivity index (χ2v) is 6.90. The number of hydrogen-bond acceptors (Lipinski definition) is 6. The molecule has 6 nitrogen and oxygen atoms in total. The van der Waals surface area contributed by atoms with E-state index in [1.165, 1.54) is 19.2 Å². The lowest BCUT2D eigenvalue weighted by Gasteiger charge is -2.12. The second kappa shape index (κ2) is 8.82. The van der Waals surface area contributed by atoms with E-state index in [9.17, 15) is 9.18 Å². The Morgan fingerprint density at radius 3 is 2.52 bits per heavy atom. The average Bonchev–Trinajstić information content (AvgIpc) is 2.69. The second-order valence-electron chi connectivity index (χ2n) is 5.70. The molecule has 1 aromatic heterocycles. The van der Waals surface area contributed by atoms with Crippen LogP contribution in [0, 0.1) is 5.82 Å². The standard InChI is InChI=1S/C19H13Cl3FN3O3/c1-28-16-12(21)7-6-10(14(16)23)18-25-15(13(22)17(24)26-18)19(27)29-8-9-4-2-3-5-11(9)20/h2-7H,8H2,1H3,(H2,24,25,26). The van der Waals surface area contributed by atoms with Crippen molar-refractivity contribution >= 4 is 46.6 Å². The van der Waals surface area contributed by atoms with Gasteiger partial charge in [0.15, 0.2) is 23.1 Å². The number of hydrogen-bond donors (Lipinski definition) is 1. The summed E-state index contributed by atoms with van der Waals surface area (Å²) >= 11 is 18.0. The highest BCUT2D eigenvalue weighted by Crippen LogP contribution is 2.35. The number of ether oxygens (including phenoxy) is 2. The van der Waals surface area contributed by atoms with E-state index in [4.69, 9.17) is 50.0 Å². The minimum absolute atomic E-state index is 0.0649. The quantitative estimate of drug-likeness (QED) is 0.532. The van der Waals surface area contributed by atoms with Crippen molar-refractivity contribution in [2.75, 3.05) is 12.8 Å². The third-order valence-corrected chi connectivity index (χ3v) is 4.92. The smallest absolute Gasteiger partial charge is 0.359 e. The zero-order valence-electron chi connectivity index (χ0n) is 14.9. The summed E-state index contributed by atoms with van der Waals surface area (Å²) in [6.45, 7) is -0.114. The number of carbonyl (C=O) groups excluding carboxylic acids is 1. The summed E-state index contributed by atoms with van der Waals surface area (Å²) in [6, 6.07) is 9.60. The van der Waals surface area contributed by atoms with Crippen molar-refractivity contribution in [3.05, 3.63) is 68.5 Å². The van der Waals surface area contributed by atoms with Crippen LogP contribution in [0.4, 0.5) is 10.2 Å². The van der Waals surface area contributed by atoms with Crippen LogP contribution in [0.3, 0.4) is 0 Å². The van der Waals surface area contributed by atoms with Crippen molar-refractivity contribution in [1.29, 1.82) is 0 Å². The van der Waals surface area contributed by atoms with Crippen LogP contribution in [0.2, 0.25) is 15.1 Å². The van der Waals surface area contributed by atoms with Crippen molar-refractivity contribution < 1.29 is 18.7 Å². The summed E-state index contributed by atoms with van der Waals surface area (Å²) in [4.78, 5) is 20.5. The summed E-state index contributed by atoms with van der Waals surface area (Å²) in [7, 11) is 1.27. The number of benzene rings is 2. The van der Waals surface area contributed by atoms with Crippen molar-refractivity contribution in [3.63, 3.8) is 0 Å². The number of esters is 1. The van der Waals surface area contributed by atoms with Gasteiger partial charge in [-0.25, -0.2) is 19.2 Å². The molecule has 10 heteroatoms.